The Kier molecular flexibility index (Phi) is 8.28. The second-order valence-corrected chi connectivity index (χ2v) is 11.3. The molecule has 5 nitrogen and oxygen atoms in total. The van der Waals surface area contributed by atoms with Gasteiger partial charge in [0.05, 0.1) is 0 Å². The lowest BCUT2D eigenvalue weighted by Gasteiger charge is -2.40. The topological polar surface area (TPSA) is 49.9 Å². The number of nitrogens with zero attached hydrogens (tertiary/aromatic N) is 2. The molecule has 7 heteroatoms. The molecule has 0 aliphatic carbocycles. The van der Waals surface area contributed by atoms with Crippen LogP contribution in [0.25, 0.3) is 0 Å². The zero-order chi connectivity index (χ0) is 24.4. The van der Waals surface area contributed by atoms with Crippen molar-refractivity contribution in [2.75, 3.05) is 32.8 Å². The maximum Gasteiger partial charge on any atom is 0.255 e. The Labute approximate surface area is 219 Å². The third kappa shape index (κ3) is 5.64. The quantitative estimate of drug-likeness (QED) is 0.419. The molecular formula is C27H32Br2N2O3. The number of amides is 2. The molecule has 2 saturated heterocycles. The van der Waals surface area contributed by atoms with E-state index in [0.29, 0.717) is 18.4 Å². The Hall–Kier alpha value is -1.54. The first-order valence-electron chi connectivity index (χ1n) is 11.9. The molecule has 0 aromatic heterocycles. The lowest BCUT2D eigenvalue weighted by molar-refractivity contribution is -0.159. The minimum absolute atomic E-state index is 0.000430. The largest absolute Gasteiger partial charge is 0.362 e. The zero-order valence-corrected chi connectivity index (χ0v) is 23.2. The molecule has 2 aromatic carbocycles. The minimum atomic E-state index is -0.229. The number of carbonyl (C=O) groups excluding carboxylic acids is 2. The van der Waals surface area contributed by atoms with E-state index in [0.717, 1.165) is 34.9 Å². The van der Waals surface area contributed by atoms with Crippen LogP contribution in [0, 0.1) is 19.8 Å². The molecular weight excluding hydrogens is 560 g/mol. The molecule has 0 radical (unpaired) electrons. The van der Waals surface area contributed by atoms with Crippen LogP contribution in [0.3, 0.4) is 0 Å². The summed E-state index contributed by atoms with van der Waals surface area (Å²) in [6.45, 7) is 8.70. The predicted molar refractivity (Wildman–Crippen MR) is 141 cm³/mol. The second-order valence-electron chi connectivity index (χ2n) is 9.61. The zero-order valence-electron chi connectivity index (χ0n) is 20.0. The maximum absolute atomic E-state index is 12.1. The molecule has 1 unspecified atom stereocenters. The molecule has 2 aliphatic heterocycles. The van der Waals surface area contributed by atoms with E-state index in [4.69, 9.17) is 4.74 Å². The molecule has 2 amide bonds. The van der Waals surface area contributed by atoms with Gasteiger partial charge in [-0.15, -0.1) is 0 Å². The van der Waals surface area contributed by atoms with E-state index in [1.807, 2.05) is 0 Å². The SMILES string of the molecule is Cc1ccc(C(c2ccc(C)c(Br)c2)C2CCN(C(C)CN3C(=O)COCC3=O)CC2)cc1Br. The number of rotatable bonds is 6. The van der Waals surface area contributed by atoms with E-state index in [1.54, 1.807) is 0 Å². The number of hydrogen-bond donors (Lipinski definition) is 0. The highest BCUT2D eigenvalue weighted by Crippen LogP contribution is 2.40. The molecule has 0 spiro atoms. The first kappa shape index (κ1) is 25.5. The van der Waals surface area contributed by atoms with E-state index in [-0.39, 0.29) is 31.1 Å². The number of morpholine rings is 1. The highest BCUT2D eigenvalue weighted by Gasteiger charge is 2.33. The van der Waals surface area contributed by atoms with Crippen LogP contribution in [-0.2, 0) is 14.3 Å². The number of piperidine rings is 1. The molecule has 0 bridgehead atoms. The van der Waals surface area contributed by atoms with Crippen molar-refractivity contribution in [3.63, 3.8) is 0 Å². The number of hydrogen-bond acceptors (Lipinski definition) is 4. The van der Waals surface area contributed by atoms with Crippen molar-refractivity contribution in [1.82, 2.24) is 9.80 Å². The molecule has 1 atom stereocenters. The normalized spacial score (nSPS) is 19.2. The second kappa shape index (κ2) is 11.0. The minimum Gasteiger partial charge on any atom is -0.362 e. The molecule has 0 N–H and O–H groups in total. The predicted octanol–water partition coefficient (Wildman–Crippen LogP) is 5.45. The number of imide groups is 1. The van der Waals surface area contributed by atoms with E-state index in [2.05, 4.69) is 93.9 Å². The van der Waals surface area contributed by atoms with E-state index in [9.17, 15) is 9.59 Å². The Bertz CT molecular complexity index is 998. The summed E-state index contributed by atoms with van der Waals surface area (Å²) in [6.07, 6.45) is 2.13. The molecule has 2 aliphatic rings. The molecule has 2 heterocycles. The summed E-state index contributed by atoms with van der Waals surface area (Å²) < 4.78 is 7.34. The van der Waals surface area contributed by atoms with Crippen molar-refractivity contribution in [3.8, 4) is 0 Å². The fraction of sp³-hybridized carbons (Fsp3) is 0.481. The van der Waals surface area contributed by atoms with Gasteiger partial charge in [0, 0.05) is 27.4 Å². The number of carbonyl (C=O) groups is 2. The van der Waals surface area contributed by atoms with E-state index >= 15 is 0 Å². The van der Waals surface area contributed by atoms with Crippen LogP contribution in [0.2, 0.25) is 0 Å². The van der Waals surface area contributed by atoms with Gasteiger partial charge >= 0.3 is 0 Å². The van der Waals surface area contributed by atoms with Crippen LogP contribution >= 0.6 is 31.9 Å². The standard InChI is InChI=1S/C27H32Br2N2O3/c1-17-4-6-21(12-23(17)28)27(22-7-5-18(2)24(29)13-22)20-8-10-30(11-9-20)19(3)14-31-25(32)15-34-16-26(31)33/h4-7,12-13,19-20,27H,8-11,14-16H2,1-3H3. The third-order valence-electron chi connectivity index (χ3n) is 7.28. The van der Waals surface area contributed by atoms with Crippen LogP contribution in [0.1, 0.15) is 47.9 Å². The smallest absolute Gasteiger partial charge is 0.255 e. The van der Waals surface area contributed by atoms with Crippen molar-refractivity contribution in [2.45, 2.75) is 45.6 Å². The molecule has 2 aromatic rings. The van der Waals surface area contributed by atoms with Gasteiger partial charge in [0.25, 0.3) is 11.8 Å². The molecule has 2 fully saturated rings. The van der Waals surface area contributed by atoms with Gasteiger partial charge in [-0.25, -0.2) is 0 Å². The fourth-order valence-electron chi connectivity index (χ4n) is 5.14. The first-order chi connectivity index (χ1) is 16.2. The first-order valence-corrected chi connectivity index (χ1v) is 13.5. The Balaban J connectivity index is 1.50. The Morgan fingerprint density at radius 1 is 0.912 bits per heavy atom. The van der Waals surface area contributed by atoms with Gasteiger partial charge in [0.2, 0.25) is 0 Å². The van der Waals surface area contributed by atoms with Gasteiger partial charge in [-0.05, 0) is 87.0 Å². The Morgan fingerprint density at radius 2 is 1.41 bits per heavy atom. The van der Waals surface area contributed by atoms with Gasteiger partial charge in [-0.2, -0.15) is 0 Å². The summed E-state index contributed by atoms with van der Waals surface area (Å²) >= 11 is 7.47. The summed E-state index contributed by atoms with van der Waals surface area (Å²) in [6, 6.07) is 13.6. The van der Waals surface area contributed by atoms with Crippen LogP contribution in [0.5, 0.6) is 0 Å². The highest BCUT2D eigenvalue weighted by atomic mass is 79.9. The monoisotopic (exact) mass is 590 g/mol. The highest BCUT2D eigenvalue weighted by molar-refractivity contribution is 9.10. The van der Waals surface area contributed by atoms with Gasteiger partial charge in [-0.1, -0.05) is 56.1 Å². The number of ether oxygens (including phenoxy) is 1. The summed E-state index contributed by atoms with van der Waals surface area (Å²) in [7, 11) is 0. The van der Waals surface area contributed by atoms with Crippen molar-refractivity contribution >= 4 is 43.7 Å². The van der Waals surface area contributed by atoms with Crippen molar-refractivity contribution < 1.29 is 14.3 Å². The van der Waals surface area contributed by atoms with Crippen molar-refractivity contribution in [3.05, 3.63) is 67.6 Å². The van der Waals surface area contributed by atoms with E-state index in [1.165, 1.54) is 27.2 Å². The number of aryl methyl sites for hydroxylation is 2. The summed E-state index contributed by atoms with van der Waals surface area (Å²) in [5.41, 5.74) is 5.15. The van der Waals surface area contributed by atoms with Crippen molar-refractivity contribution in [2.24, 2.45) is 5.92 Å². The lowest BCUT2D eigenvalue weighted by atomic mass is 9.75. The average Bonchev–Trinajstić information content (AvgIpc) is 2.81. The Morgan fingerprint density at radius 3 is 1.88 bits per heavy atom. The maximum atomic E-state index is 12.1. The average molecular weight is 592 g/mol. The summed E-state index contributed by atoms with van der Waals surface area (Å²) in [5, 5.41) is 0. The number of halogens is 2. The summed E-state index contributed by atoms with van der Waals surface area (Å²) in [4.78, 5) is 28.1. The van der Waals surface area contributed by atoms with Gasteiger partial charge in [0.15, 0.2) is 0 Å². The van der Waals surface area contributed by atoms with Crippen LogP contribution in [0.15, 0.2) is 45.3 Å². The fourth-order valence-corrected chi connectivity index (χ4v) is 5.93. The molecule has 4 rings (SSSR count). The van der Waals surface area contributed by atoms with Crippen LogP contribution in [0.4, 0.5) is 0 Å². The molecule has 34 heavy (non-hydrogen) atoms. The third-order valence-corrected chi connectivity index (χ3v) is 8.99. The van der Waals surface area contributed by atoms with Crippen LogP contribution in [-0.4, -0.2) is 60.5 Å². The summed E-state index contributed by atoms with van der Waals surface area (Å²) in [5.74, 6) is 0.369. The molecule has 182 valence electrons. The lowest BCUT2D eigenvalue weighted by Crippen LogP contribution is -2.53. The molecule has 0 saturated carbocycles. The van der Waals surface area contributed by atoms with Gasteiger partial charge < -0.3 is 4.74 Å². The van der Waals surface area contributed by atoms with Gasteiger partial charge in [-0.3, -0.25) is 19.4 Å². The van der Waals surface area contributed by atoms with Crippen LogP contribution < -0.4 is 0 Å². The van der Waals surface area contributed by atoms with Crippen molar-refractivity contribution in [1.29, 1.82) is 0 Å². The van der Waals surface area contributed by atoms with Gasteiger partial charge in [0.1, 0.15) is 13.2 Å². The number of benzene rings is 2. The van der Waals surface area contributed by atoms with E-state index < -0.39 is 0 Å². The number of likely N-dealkylation sites (tertiary alicyclic amines) is 1.